The van der Waals surface area contributed by atoms with Crippen LogP contribution < -0.4 is 5.32 Å². The van der Waals surface area contributed by atoms with Gasteiger partial charge in [0.25, 0.3) is 0 Å². The molecule has 0 amide bonds. The van der Waals surface area contributed by atoms with Crippen LogP contribution in [0.1, 0.15) is 46.5 Å². The second-order valence-electron chi connectivity index (χ2n) is 6.86. The Hall–Kier alpha value is -0.650. The first-order valence-electron chi connectivity index (χ1n) is 8.17. The summed E-state index contributed by atoms with van der Waals surface area (Å²) in [7, 11) is 1.47. The summed E-state index contributed by atoms with van der Waals surface area (Å²) in [5.41, 5.74) is -0.542. The third-order valence-corrected chi connectivity index (χ3v) is 4.38. The van der Waals surface area contributed by atoms with E-state index in [-0.39, 0.29) is 5.97 Å². The first kappa shape index (κ1) is 16.7. The van der Waals surface area contributed by atoms with E-state index in [4.69, 9.17) is 9.47 Å². The Morgan fingerprint density at radius 3 is 2.48 bits per heavy atom. The highest BCUT2D eigenvalue weighted by Crippen LogP contribution is 2.26. The van der Waals surface area contributed by atoms with Gasteiger partial charge in [-0.3, -0.25) is 15.0 Å². The number of esters is 1. The molecular formula is C16H30N2O3. The Balaban J connectivity index is 1.79. The van der Waals surface area contributed by atoms with Crippen molar-refractivity contribution in [3.05, 3.63) is 0 Å². The second kappa shape index (κ2) is 7.07. The predicted molar refractivity (Wildman–Crippen MR) is 82.3 cm³/mol. The van der Waals surface area contributed by atoms with E-state index in [1.54, 1.807) is 0 Å². The Morgan fingerprint density at radius 1 is 1.33 bits per heavy atom. The molecule has 2 rings (SSSR count). The van der Waals surface area contributed by atoms with Crippen LogP contribution in [0.25, 0.3) is 0 Å². The Labute approximate surface area is 128 Å². The Bertz CT molecular complexity index is 349. The minimum atomic E-state index is -0.542. The standard InChI is InChI=1S/C16H30N2O3/c1-12-10-18(11-13(2)21-12)9-5-8-16(3,15(19)20-4)17-14-6-7-14/h12-14,17H,5-11H2,1-4H3/t12-,13+,16?. The molecule has 2 aliphatic rings. The van der Waals surface area contributed by atoms with Gasteiger partial charge in [-0.1, -0.05) is 0 Å². The molecule has 122 valence electrons. The molecule has 3 atom stereocenters. The third kappa shape index (κ3) is 4.94. The van der Waals surface area contributed by atoms with Crippen LogP contribution >= 0.6 is 0 Å². The van der Waals surface area contributed by atoms with Crippen molar-refractivity contribution >= 4 is 5.97 Å². The van der Waals surface area contributed by atoms with Gasteiger partial charge in [-0.05, 0) is 53.0 Å². The van der Waals surface area contributed by atoms with Crippen molar-refractivity contribution in [2.24, 2.45) is 0 Å². The monoisotopic (exact) mass is 298 g/mol. The van der Waals surface area contributed by atoms with Crippen molar-refractivity contribution < 1.29 is 14.3 Å². The molecule has 0 spiro atoms. The van der Waals surface area contributed by atoms with Crippen molar-refractivity contribution in [2.75, 3.05) is 26.7 Å². The number of nitrogens with one attached hydrogen (secondary N) is 1. The van der Waals surface area contributed by atoms with Crippen LogP contribution in [-0.2, 0) is 14.3 Å². The molecule has 1 N–H and O–H groups in total. The van der Waals surface area contributed by atoms with E-state index in [1.165, 1.54) is 20.0 Å². The lowest BCUT2D eigenvalue weighted by molar-refractivity contribution is -0.148. The molecule has 1 aliphatic heterocycles. The van der Waals surface area contributed by atoms with Gasteiger partial charge in [-0.2, -0.15) is 0 Å². The molecule has 1 heterocycles. The van der Waals surface area contributed by atoms with Gasteiger partial charge in [0.2, 0.25) is 0 Å². The van der Waals surface area contributed by atoms with Crippen molar-refractivity contribution in [3.63, 3.8) is 0 Å². The molecule has 21 heavy (non-hydrogen) atoms. The van der Waals surface area contributed by atoms with Gasteiger partial charge < -0.3 is 9.47 Å². The minimum Gasteiger partial charge on any atom is -0.468 e. The van der Waals surface area contributed by atoms with E-state index in [1.807, 2.05) is 6.92 Å². The predicted octanol–water partition coefficient (Wildman–Crippen LogP) is 1.56. The van der Waals surface area contributed by atoms with Crippen LogP contribution in [0.2, 0.25) is 0 Å². The molecule has 1 unspecified atom stereocenters. The topological polar surface area (TPSA) is 50.8 Å². The molecule has 1 aliphatic carbocycles. The van der Waals surface area contributed by atoms with Gasteiger partial charge in [-0.15, -0.1) is 0 Å². The van der Waals surface area contributed by atoms with Crippen molar-refractivity contribution in [2.45, 2.75) is 70.2 Å². The zero-order valence-corrected chi connectivity index (χ0v) is 13.9. The van der Waals surface area contributed by atoms with Crippen LogP contribution in [0.5, 0.6) is 0 Å². The number of ether oxygens (including phenoxy) is 2. The third-order valence-electron chi connectivity index (χ3n) is 4.38. The van der Waals surface area contributed by atoms with Crippen LogP contribution in [0.15, 0.2) is 0 Å². The number of morpholine rings is 1. The summed E-state index contributed by atoms with van der Waals surface area (Å²) in [6, 6.07) is 0.498. The van der Waals surface area contributed by atoms with E-state index in [0.29, 0.717) is 18.2 Å². The van der Waals surface area contributed by atoms with Crippen molar-refractivity contribution in [1.29, 1.82) is 0 Å². The molecule has 0 aromatic rings. The average molecular weight is 298 g/mol. The summed E-state index contributed by atoms with van der Waals surface area (Å²) in [5.74, 6) is -0.141. The molecule has 0 radical (unpaired) electrons. The summed E-state index contributed by atoms with van der Waals surface area (Å²) in [4.78, 5) is 14.5. The van der Waals surface area contributed by atoms with Gasteiger partial charge in [0, 0.05) is 19.1 Å². The van der Waals surface area contributed by atoms with E-state index in [9.17, 15) is 4.79 Å². The van der Waals surface area contributed by atoms with Crippen molar-refractivity contribution in [1.82, 2.24) is 10.2 Å². The number of carbonyl (C=O) groups is 1. The maximum absolute atomic E-state index is 12.1. The van der Waals surface area contributed by atoms with Crippen molar-refractivity contribution in [3.8, 4) is 0 Å². The summed E-state index contributed by atoms with van der Waals surface area (Å²) < 4.78 is 10.7. The molecule has 0 aromatic heterocycles. The largest absolute Gasteiger partial charge is 0.468 e. The van der Waals surface area contributed by atoms with Crippen LogP contribution in [0.3, 0.4) is 0 Å². The molecule has 5 nitrogen and oxygen atoms in total. The van der Waals surface area contributed by atoms with E-state index < -0.39 is 5.54 Å². The number of methoxy groups -OCH3 is 1. The fourth-order valence-electron chi connectivity index (χ4n) is 3.26. The van der Waals surface area contributed by atoms with Crippen LogP contribution in [0, 0.1) is 0 Å². The lowest BCUT2D eigenvalue weighted by Crippen LogP contribution is -2.52. The minimum absolute atomic E-state index is 0.141. The number of hydrogen-bond donors (Lipinski definition) is 1. The Morgan fingerprint density at radius 2 is 1.95 bits per heavy atom. The first-order chi connectivity index (χ1) is 9.93. The van der Waals surface area contributed by atoms with Gasteiger partial charge in [0.1, 0.15) is 5.54 Å². The Kier molecular flexibility index (Phi) is 5.63. The average Bonchev–Trinajstić information content (AvgIpc) is 3.20. The molecule has 1 saturated heterocycles. The van der Waals surface area contributed by atoms with Crippen LogP contribution in [0.4, 0.5) is 0 Å². The molecular weight excluding hydrogens is 268 g/mol. The van der Waals surface area contributed by atoms with Crippen LogP contribution in [-0.4, -0.2) is 61.4 Å². The lowest BCUT2D eigenvalue weighted by atomic mass is 9.95. The fourth-order valence-corrected chi connectivity index (χ4v) is 3.26. The zero-order chi connectivity index (χ0) is 15.5. The zero-order valence-electron chi connectivity index (χ0n) is 13.9. The van der Waals surface area contributed by atoms with Gasteiger partial charge >= 0.3 is 5.97 Å². The van der Waals surface area contributed by atoms with E-state index >= 15 is 0 Å². The number of hydrogen-bond acceptors (Lipinski definition) is 5. The molecule has 5 heteroatoms. The van der Waals surface area contributed by atoms with Gasteiger partial charge in [0.15, 0.2) is 0 Å². The maximum atomic E-state index is 12.1. The normalized spacial score (nSPS) is 29.9. The second-order valence-corrected chi connectivity index (χ2v) is 6.86. The number of rotatable bonds is 7. The molecule has 0 bridgehead atoms. The SMILES string of the molecule is COC(=O)C(C)(CCCN1C[C@@H](C)O[C@@H](C)C1)NC1CC1. The van der Waals surface area contributed by atoms with E-state index in [2.05, 4.69) is 24.1 Å². The quantitative estimate of drug-likeness (QED) is 0.723. The number of nitrogens with zero attached hydrogens (tertiary/aromatic N) is 1. The first-order valence-corrected chi connectivity index (χ1v) is 8.17. The summed E-state index contributed by atoms with van der Waals surface area (Å²) in [5, 5.41) is 3.46. The summed E-state index contributed by atoms with van der Waals surface area (Å²) in [6.45, 7) is 9.19. The summed E-state index contributed by atoms with van der Waals surface area (Å²) >= 11 is 0. The number of carbonyl (C=O) groups excluding carboxylic acids is 1. The molecule has 1 saturated carbocycles. The van der Waals surface area contributed by atoms with E-state index in [0.717, 1.165) is 32.5 Å². The smallest absolute Gasteiger partial charge is 0.325 e. The summed E-state index contributed by atoms with van der Waals surface area (Å²) in [6.07, 6.45) is 4.74. The highest BCUT2D eigenvalue weighted by Gasteiger charge is 2.39. The molecule has 0 aromatic carbocycles. The highest BCUT2D eigenvalue weighted by atomic mass is 16.5. The van der Waals surface area contributed by atoms with Gasteiger partial charge in [-0.25, -0.2) is 0 Å². The molecule has 2 fully saturated rings. The fraction of sp³-hybridized carbons (Fsp3) is 0.938. The van der Waals surface area contributed by atoms with Gasteiger partial charge in [0.05, 0.1) is 19.3 Å². The lowest BCUT2D eigenvalue weighted by Gasteiger charge is -2.36. The highest BCUT2D eigenvalue weighted by molar-refractivity contribution is 5.80. The maximum Gasteiger partial charge on any atom is 0.325 e.